The molecule has 0 heterocycles. The van der Waals surface area contributed by atoms with Crippen LogP contribution in [0.2, 0.25) is 0 Å². The van der Waals surface area contributed by atoms with Crippen molar-refractivity contribution in [2.45, 2.75) is 64.7 Å². The number of hydrogen-bond acceptors (Lipinski definition) is 7. The quantitative estimate of drug-likeness (QED) is 0.172. The van der Waals surface area contributed by atoms with Crippen LogP contribution in [0.25, 0.3) is 0 Å². The zero-order valence-corrected chi connectivity index (χ0v) is 17.5. The number of rotatable bonds is 13. The largest absolute Gasteiger partial charge is 0.481 e. The molecule has 30 heavy (non-hydrogen) atoms. The molecular formula is C18H32N4O8. The molecule has 0 radical (unpaired) electrons. The van der Waals surface area contributed by atoms with Gasteiger partial charge in [0, 0.05) is 6.42 Å². The Kier molecular flexibility index (Phi) is 11.6. The van der Waals surface area contributed by atoms with E-state index in [2.05, 4.69) is 16.0 Å². The highest BCUT2D eigenvalue weighted by molar-refractivity contribution is 5.94. The van der Waals surface area contributed by atoms with Crippen LogP contribution in [0.3, 0.4) is 0 Å². The van der Waals surface area contributed by atoms with Crippen LogP contribution in [0.4, 0.5) is 0 Å². The van der Waals surface area contributed by atoms with Crippen molar-refractivity contribution in [2.24, 2.45) is 17.6 Å². The van der Waals surface area contributed by atoms with E-state index in [1.807, 2.05) is 0 Å². The maximum absolute atomic E-state index is 12.5. The van der Waals surface area contributed by atoms with Crippen molar-refractivity contribution < 1.29 is 39.3 Å². The predicted octanol–water partition coefficient (Wildman–Crippen LogP) is -1.98. The lowest BCUT2D eigenvalue weighted by molar-refractivity contribution is -0.144. The first-order valence-corrected chi connectivity index (χ1v) is 9.53. The van der Waals surface area contributed by atoms with E-state index < -0.39 is 72.8 Å². The summed E-state index contributed by atoms with van der Waals surface area (Å²) in [5, 5.41) is 34.3. The molecule has 0 saturated carbocycles. The number of aliphatic carboxylic acids is 2. The van der Waals surface area contributed by atoms with Crippen molar-refractivity contribution in [3.63, 3.8) is 0 Å². The summed E-state index contributed by atoms with van der Waals surface area (Å²) in [6.07, 6.45) is -0.804. The molecule has 172 valence electrons. The highest BCUT2D eigenvalue weighted by Crippen LogP contribution is 2.06. The van der Waals surface area contributed by atoms with Crippen molar-refractivity contribution in [1.29, 1.82) is 0 Å². The van der Waals surface area contributed by atoms with Gasteiger partial charge in [-0.3, -0.25) is 19.2 Å². The lowest BCUT2D eigenvalue weighted by Crippen LogP contribution is -2.58. The van der Waals surface area contributed by atoms with Gasteiger partial charge in [0.05, 0.1) is 12.6 Å². The van der Waals surface area contributed by atoms with Crippen LogP contribution < -0.4 is 21.7 Å². The van der Waals surface area contributed by atoms with Gasteiger partial charge < -0.3 is 37.0 Å². The number of aliphatic hydroxyl groups is 1. The van der Waals surface area contributed by atoms with Gasteiger partial charge in [0.1, 0.15) is 18.1 Å². The molecule has 3 amide bonds. The molecule has 0 spiro atoms. The molecule has 4 unspecified atom stereocenters. The number of amides is 3. The van der Waals surface area contributed by atoms with Crippen LogP contribution in [0, 0.1) is 11.8 Å². The molecule has 12 heteroatoms. The van der Waals surface area contributed by atoms with Crippen molar-refractivity contribution in [3.05, 3.63) is 0 Å². The Balaban J connectivity index is 5.34. The summed E-state index contributed by atoms with van der Waals surface area (Å²) in [7, 11) is 0. The number of carbonyl (C=O) groups is 5. The van der Waals surface area contributed by atoms with Gasteiger partial charge in [-0.25, -0.2) is 4.79 Å². The summed E-state index contributed by atoms with van der Waals surface area (Å²) in [6, 6.07) is -5.00. The minimum Gasteiger partial charge on any atom is -0.481 e. The number of aliphatic hydroxyl groups excluding tert-OH is 1. The number of nitrogens with one attached hydrogen (secondary N) is 3. The maximum Gasteiger partial charge on any atom is 0.326 e. The molecular weight excluding hydrogens is 400 g/mol. The second kappa shape index (κ2) is 12.8. The van der Waals surface area contributed by atoms with Crippen LogP contribution in [0.1, 0.15) is 40.5 Å². The van der Waals surface area contributed by atoms with Crippen LogP contribution in [-0.2, 0) is 24.0 Å². The molecule has 4 atom stereocenters. The second-order valence-corrected chi connectivity index (χ2v) is 7.58. The number of nitrogens with two attached hydrogens (primary N) is 1. The van der Waals surface area contributed by atoms with Crippen molar-refractivity contribution in [3.8, 4) is 0 Å². The van der Waals surface area contributed by atoms with E-state index in [4.69, 9.17) is 10.8 Å². The fraction of sp³-hybridized carbons (Fsp3) is 0.722. The first-order valence-electron chi connectivity index (χ1n) is 9.53. The Morgan fingerprint density at radius 2 is 1.30 bits per heavy atom. The average molecular weight is 432 g/mol. The fourth-order valence-corrected chi connectivity index (χ4v) is 2.34. The molecule has 0 aliphatic carbocycles. The molecule has 0 aromatic carbocycles. The van der Waals surface area contributed by atoms with Crippen LogP contribution in [0.15, 0.2) is 0 Å². The highest BCUT2D eigenvalue weighted by atomic mass is 16.4. The van der Waals surface area contributed by atoms with E-state index in [-0.39, 0.29) is 12.3 Å². The molecule has 0 rings (SSSR count). The zero-order valence-electron chi connectivity index (χ0n) is 17.5. The Bertz CT molecular complexity index is 638. The Labute approximate surface area is 174 Å². The van der Waals surface area contributed by atoms with Gasteiger partial charge >= 0.3 is 11.9 Å². The maximum atomic E-state index is 12.5. The molecule has 12 nitrogen and oxygen atoms in total. The van der Waals surface area contributed by atoms with E-state index in [9.17, 15) is 34.2 Å². The zero-order chi connectivity index (χ0) is 23.6. The summed E-state index contributed by atoms with van der Waals surface area (Å²) in [6.45, 7) is 5.73. The molecule has 0 saturated heterocycles. The van der Waals surface area contributed by atoms with E-state index in [0.717, 1.165) is 0 Å². The van der Waals surface area contributed by atoms with Crippen LogP contribution >= 0.6 is 0 Å². The van der Waals surface area contributed by atoms with Crippen LogP contribution in [-0.4, -0.2) is 75.8 Å². The van der Waals surface area contributed by atoms with Crippen LogP contribution in [0.5, 0.6) is 0 Å². The topological polar surface area (TPSA) is 208 Å². The number of carbonyl (C=O) groups excluding carboxylic acids is 3. The normalized spacial score (nSPS) is 15.1. The molecule has 0 aliphatic rings. The average Bonchev–Trinajstić information content (AvgIpc) is 2.65. The van der Waals surface area contributed by atoms with Gasteiger partial charge in [-0.1, -0.05) is 27.7 Å². The summed E-state index contributed by atoms with van der Waals surface area (Å²) < 4.78 is 0. The van der Waals surface area contributed by atoms with Gasteiger partial charge in [0.25, 0.3) is 0 Å². The molecule has 0 aliphatic heterocycles. The minimum absolute atomic E-state index is 0.231. The molecule has 0 bridgehead atoms. The molecule has 0 aromatic rings. The number of carboxylic acid groups (broad SMARTS) is 2. The van der Waals surface area contributed by atoms with Crippen molar-refractivity contribution in [2.75, 3.05) is 6.61 Å². The Morgan fingerprint density at radius 3 is 1.70 bits per heavy atom. The number of hydrogen-bond donors (Lipinski definition) is 7. The second-order valence-electron chi connectivity index (χ2n) is 7.58. The third kappa shape index (κ3) is 9.18. The lowest BCUT2D eigenvalue weighted by atomic mass is 10.0. The van der Waals surface area contributed by atoms with Gasteiger partial charge in [0.2, 0.25) is 17.7 Å². The van der Waals surface area contributed by atoms with E-state index >= 15 is 0 Å². The summed E-state index contributed by atoms with van der Waals surface area (Å²) >= 11 is 0. The summed E-state index contributed by atoms with van der Waals surface area (Å²) in [5.74, 6) is -5.73. The third-order valence-electron chi connectivity index (χ3n) is 4.35. The fourth-order valence-electron chi connectivity index (χ4n) is 2.34. The van der Waals surface area contributed by atoms with Crippen molar-refractivity contribution in [1.82, 2.24) is 16.0 Å². The Morgan fingerprint density at radius 1 is 0.800 bits per heavy atom. The monoisotopic (exact) mass is 432 g/mol. The molecule has 0 aromatic heterocycles. The van der Waals surface area contributed by atoms with Gasteiger partial charge in [-0.15, -0.1) is 0 Å². The van der Waals surface area contributed by atoms with Gasteiger partial charge in [-0.05, 0) is 18.3 Å². The SMILES string of the molecule is CC(C)C(N)C(=O)NC(CO)C(=O)NC(CCC(=O)O)C(=O)NC(C(=O)O)C(C)C. The minimum atomic E-state index is -1.43. The number of carboxylic acids is 2. The Hall–Kier alpha value is -2.73. The van der Waals surface area contributed by atoms with Crippen molar-refractivity contribution >= 4 is 29.7 Å². The van der Waals surface area contributed by atoms with E-state index in [1.165, 1.54) is 0 Å². The van der Waals surface area contributed by atoms with E-state index in [1.54, 1.807) is 27.7 Å². The van der Waals surface area contributed by atoms with Gasteiger partial charge in [-0.2, -0.15) is 0 Å². The standard InChI is InChI=1S/C18H32N4O8/c1-8(2)13(19)17(28)21-11(7-23)16(27)20-10(5-6-12(24)25)15(26)22-14(9(3)4)18(29)30/h8-11,13-14,23H,5-7,19H2,1-4H3,(H,20,27)(H,21,28)(H,22,26)(H,24,25)(H,29,30). The smallest absolute Gasteiger partial charge is 0.326 e. The molecule has 0 fully saturated rings. The first-order chi connectivity index (χ1) is 13.8. The predicted molar refractivity (Wildman–Crippen MR) is 105 cm³/mol. The first kappa shape index (κ1) is 27.3. The third-order valence-corrected chi connectivity index (χ3v) is 4.35. The lowest BCUT2D eigenvalue weighted by Gasteiger charge is -2.25. The van der Waals surface area contributed by atoms with Gasteiger partial charge in [0.15, 0.2) is 0 Å². The highest BCUT2D eigenvalue weighted by Gasteiger charge is 2.31. The van der Waals surface area contributed by atoms with E-state index in [0.29, 0.717) is 0 Å². The molecule has 8 N–H and O–H groups in total. The summed E-state index contributed by atoms with van der Waals surface area (Å²) in [4.78, 5) is 59.1. The summed E-state index contributed by atoms with van der Waals surface area (Å²) in [5.41, 5.74) is 5.69.